The van der Waals surface area contributed by atoms with Gasteiger partial charge in [0.05, 0.1) is 17.6 Å². The predicted molar refractivity (Wildman–Crippen MR) is 144 cm³/mol. The summed E-state index contributed by atoms with van der Waals surface area (Å²) in [4.78, 5) is 0.129. The molecule has 0 fully saturated rings. The Balaban J connectivity index is 1.48. The van der Waals surface area contributed by atoms with Crippen LogP contribution in [0, 0.1) is 0 Å². The molecule has 38 heavy (non-hydrogen) atoms. The monoisotopic (exact) mass is 573 g/mol. The van der Waals surface area contributed by atoms with E-state index in [0.29, 0.717) is 25.3 Å². The molecule has 2 aromatic carbocycles. The van der Waals surface area contributed by atoms with Crippen molar-refractivity contribution in [2.45, 2.75) is 62.6 Å². The molecule has 0 unspecified atom stereocenters. The van der Waals surface area contributed by atoms with Crippen LogP contribution in [0.5, 0.6) is 5.75 Å². The molecule has 0 amide bonds. The number of phenols is 1. The molecule has 0 aliphatic rings. The molecule has 2 aromatic rings. The third kappa shape index (κ3) is 13.1. The third-order valence-electron chi connectivity index (χ3n) is 5.83. The number of aryl methyl sites for hydroxylation is 1. The van der Waals surface area contributed by atoms with Gasteiger partial charge in [0.2, 0.25) is 10.0 Å². The summed E-state index contributed by atoms with van der Waals surface area (Å²) in [6.45, 7) is 1.97. The summed E-state index contributed by atoms with van der Waals surface area (Å²) in [5.74, 6) is -0.143. The smallest absolute Gasteiger partial charge is 0.333 e. The Morgan fingerprint density at radius 3 is 2.34 bits per heavy atom. The van der Waals surface area contributed by atoms with Gasteiger partial charge in [0.25, 0.3) is 0 Å². The second-order valence-corrected chi connectivity index (χ2v) is 11.8. The molecule has 0 saturated carbocycles. The number of aromatic hydroxyl groups is 1. The Bertz CT molecular complexity index is 1210. The average Bonchev–Trinajstić information content (AvgIpc) is 2.85. The molecule has 0 radical (unpaired) electrons. The van der Waals surface area contributed by atoms with Crippen LogP contribution in [0.25, 0.3) is 0 Å². The van der Waals surface area contributed by atoms with E-state index in [0.717, 1.165) is 57.1 Å². The van der Waals surface area contributed by atoms with Crippen LogP contribution in [0.15, 0.2) is 47.4 Å². The maximum Gasteiger partial charge on any atom is 0.333 e. The molecule has 0 spiro atoms. The molecule has 13 heteroatoms. The number of hydrogen-bond donors (Lipinski definition) is 5. The summed E-state index contributed by atoms with van der Waals surface area (Å²) >= 11 is 0. The molecule has 214 valence electrons. The lowest BCUT2D eigenvalue weighted by Crippen LogP contribution is -2.22. The normalized spacial score (nSPS) is 13.0. The number of sulfonamides is 1. The first kappa shape index (κ1) is 32.1. The highest BCUT2D eigenvalue weighted by molar-refractivity contribution is 7.89. The molecular formula is C25H39N3O8S2. The quantitative estimate of drug-likeness (QED) is 0.156. The van der Waals surface area contributed by atoms with Gasteiger partial charge in [-0.3, -0.25) is 4.18 Å². The van der Waals surface area contributed by atoms with Gasteiger partial charge in [-0.2, -0.15) is 8.42 Å². The number of aliphatic hydroxyl groups excluding tert-OH is 1. The fraction of sp³-hybridized carbons (Fsp3) is 0.520. The van der Waals surface area contributed by atoms with E-state index in [4.69, 9.17) is 15.0 Å². The zero-order valence-electron chi connectivity index (χ0n) is 21.4. The van der Waals surface area contributed by atoms with Gasteiger partial charge in [-0.15, -0.1) is 0 Å². The Labute approximate surface area is 225 Å². The summed E-state index contributed by atoms with van der Waals surface area (Å²) in [7, 11) is -7.81. The van der Waals surface area contributed by atoms with Gasteiger partial charge in [0.1, 0.15) is 5.75 Å². The van der Waals surface area contributed by atoms with E-state index < -0.39 is 33.0 Å². The largest absolute Gasteiger partial charge is 0.508 e. The van der Waals surface area contributed by atoms with Crippen LogP contribution in [0.1, 0.15) is 61.3 Å². The fourth-order valence-electron chi connectivity index (χ4n) is 3.77. The number of rotatable bonds is 19. The molecule has 11 nitrogen and oxygen atoms in total. The standard InChI is InChI=1S/C25H39N3O8S2/c26-37(31,32)23-10-6-8-20(16-23)9-7-15-35-14-5-3-1-2-4-13-28-18-25(30)21-11-12-24(29)22(17-21)19-36-38(27,33)34/h6,8,10-12,16-17,25,28-30H,1-5,7,9,13-15,18-19H2,(H2,26,31,32)(H2,27,33,34)/t25-/m0/s1. The predicted octanol–water partition coefficient (Wildman–Crippen LogP) is 1.98. The van der Waals surface area contributed by atoms with Crippen LogP contribution in [-0.2, 0) is 42.3 Å². The maximum absolute atomic E-state index is 11.4. The Kier molecular flexibility index (Phi) is 13.6. The Morgan fingerprint density at radius 1 is 0.895 bits per heavy atom. The van der Waals surface area contributed by atoms with Crippen LogP contribution in [0.2, 0.25) is 0 Å². The number of ether oxygens (including phenoxy) is 1. The van der Waals surface area contributed by atoms with E-state index in [1.54, 1.807) is 18.2 Å². The van der Waals surface area contributed by atoms with E-state index in [1.165, 1.54) is 18.2 Å². The van der Waals surface area contributed by atoms with Crippen LogP contribution in [0.3, 0.4) is 0 Å². The lowest BCUT2D eigenvalue weighted by molar-refractivity contribution is 0.127. The summed E-state index contributed by atoms with van der Waals surface area (Å²) in [6.07, 6.45) is 5.86. The minimum atomic E-state index is -4.13. The number of benzene rings is 2. The number of nitrogens with two attached hydrogens (primary N) is 2. The van der Waals surface area contributed by atoms with Crippen molar-refractivity contribution in [3.8, 4) is 5.75 Å². The number of unbranched alkanes of at least 4 members (excludes halogenated alkanes) is 4. The first-order chi connectivity index (χ1) is 18.0. The van der Waals surface area contributed by atoms with E-state index in [1.807, 2.05) is 6.07 Å². The lowest BCUT2D eigenvalue weighted by atomic mass is 10.1. The molecule has 2 rings (SSSR count). The van der Waals surface area contributed by atoms with Gasteiger partial charge in [-0.05, 0) is 67.6 Å². The summed E-state index contributed by atoms with van der Waals surface area (Å²) in [5, 5.41) is 33.4. The Hall–Kier alpha value is -2.10. The van der Waals surface area contributed by atoms with Gasteiger partial charge in [-0.25, -0.2) is 18.7 Å². The van der Waals surface area contributed by atoms with E-state index in [-0.39, 0.29) is 16.2 Å². The summed E-state index contributed by atoms with van der Waals surface area (Å²) < 4.78 is 54.9. The highest BCUT2D eigenvalue weighted by Gasteiger charge is 2.13. The second-order valence-electron chi connectivity index (χ2n) is 9.04. The molecule has 0 heterocycles. The van der Waals surface area contributed by atoms with Crippen molar-refractivity contribution in [2.24, 2.45) is 10.3 Å². The van der Waals surface area contributed by atoms with Crippen molar-refractivity contribution < 1.29 is 36.0 Å². The van der Waals surface area contributed by atoms with Crippen LogP contribution < -0.4 is 15.6 Å². The van der Waals surface area contributed by atoms with E-state index in [2.05, 4.69) is 9.50 Å². The molecule has 0 bridgehead atoms. The molecular weight excluding hydrogens is 534 g/mol. The Morgan fingerprint density at radius 2 is 1.61 bits per heavy atom. The van der Waals surface area contributed by atoms with Crippen LogP contribution in [0.4, 0.5) is 0 Å². The van der Waals surface area contributed by atoms with Gasteiger partial charge >= 0.3 is 10.3 Å². The van der Waals surface area contributed by atoms with Crippen molar-refractivity contribution >= 4 is 20.3 Å². The van der Waals surface area contributed by atoms with Crippen molar-refractivity contribution in [2.75, 3.05) is 26.3 Å². The molecule has 0 aliphatic heterocycles. The van der Waals surface area contributed by atoms with E-state index >= 15 is 0 Å². The average molecular weight is 574 g/mol. The minimum Gasteiger partial charge on any atom is -0.508 e. The van der Waals surface area contributed by atoms with Crippen molar-refractivity contribution in [1.82, 2.24) is 5.32 Å². The fourth-order valence-corrected chi connectivity index (χ4v) is 4.65. The van der Waals surface area contributed by atoms with Crippen LogP contribution >= 0.6 is 0 Å². The van der Waals surface area contributed by atoms with Crippen LogP contribution in [-0.4, -0.2) is 53.4 Å². The van der Waals surface area contributed by atoms with Crippen molar-refractivity contribution in [3.05, 3.63) is 59.2 Å². The highest BCUT2D eigenvalue weighted by atomic mass is 32.2. The van der Waals surface area contributed by atoms with Gasteiger partial charge < -0.3 is 20.3 Å². The number of aliphatic hydroxyl groups is 1. The van der Waals surface area contributed by atoms with E-state index in [9.17, 15) is 27.0 Å². The maximum atomic E-state index is 11.4. The van der Waals surface area contributed by atoms with Gasteiger partial charge in [0.15, 0.2) is 0 Å². The summed E-state index contributed by atoms with van der Waals surface area (Å²) in [6, 6.07) is 11.1. The molecule has 0 aliphatic carbocycles. The highest BCUT2D eigenvalue weighted by Crippen LogP contribution is 2.23. The first-order valence-corrected chi connectivity index (χ1v) is 15.5. The lowest BCUT2D eigenvalue weighted by Gasteiger charge is -2.14. The SMILES string of the molecule is NS(=O)(=O)OCc1cc([C@@H](O)CNCCCCCCCOCCCc2cccc(S(N)(=O)=O)c2)ccc1O. The minimum absolute atomic E-state index is 0.129. The zero-order valence-corrected chi connectivity index (χ0v) is 23.1. The molecule has 7 N–H and O–H groups in total. The van der Waals surface area contributed by atoms with Gasteiger partial charge in [-0.1, -0.05) is 37.5 Å². The molecule has 1 atom stereocenters. The number of nitrogens with one attached hydrogen (secondary N) is 1. The topological polar surface area (TPSA) is 191 Å². The number of primary sulfonamides is 1. The summed E-state index contributed by atoms with van der Waals surface area (Å²) in [5.41, 5.74) is 1.67. The van der Waals surface area contributed by atoms with Gasteiger partial charge in [0, 0.05) is 25.3 Å². The van der Waals surface area contributed by atoms with Crippen molar-refractivity contribution in [3.63, 3.8) is 0 Å². The number of phenolic OH excluding ortho intramolecular Hbond substituents is 1. The first-order valence-electron chi connectivity index (χ1n) is 12.5. The number of hydrogen-bond acceptors (Lipinski definition) is 9. The second kappa shape index (κ2) is 16.1. The third-order valence-corrected chi connectivity index (χ3v) is 7.19. The molecule has 0 saturated heterocycles. The zero-order chi connectivity index (χ0) is 28.0. The molecule has 0 aromatic heterocycles. The van der Waals surface area contributed by atoms with Crippen molar-refractivity contribution in [1.29, 1.82) is 0 Å².